The predicted molar refractivity (Wildman–Crippen MR) is 80.1 cm³/mol. The Balaban J connectivity index is 2.69. The van der Waals surface area contributed by atoms with E-state index in [-0.39, 0.29) is 0 Å². The Kier molecular flexibility index (Phi) is 6.22. The van der Waals surface area contributed by atoms with E-state index in [0.29, 0.717) is 11.8 Å². The minimum Gasteiger partial charge on any atom is -0.312 e. The summed E-state index contributed by atoms with van der Waals surface area (Å²) in [6, 6.07) is 0. The number of nitrogens with one attached hydrogen (secondary N) is 1. The molecular formula is C14H27N3S. The Hall–Kier alpha value is -0.480. The normalized spacial score (nSPS) is 11.8. The first-order valence-electron chi connectivity index (χ1n) is 6.77. The maximum Gasteiger partial charge on any atom is 0.0984 e. The molecule has 1 aromatic rings. The summed E-state index contributed by atoms with van der Waals surface area (Å²) in [5.74, 6) is 2.55. The van der Waals surface area contributed by atoms with Gasteiger partial charge in [-0.1, -0.05) is 27.7 Å². The molecule has 0 bridgehead atoms. The smallest absolute Gasteiger partial charge is 0.0984 e. The molecule has 0 saturated heterocycles. The average Bonchev–Trinajstić information content (AvgIpc) is 2.50. The van der Waals surface area contributed by atoms with Crippen molar-refractivity contribution >= 4 is 11.8 Å². The average molecular weight is 269 g/mol. The van der Waals surface area contributed by atoms with Gasteiger partial charge in [0.1, 0.15) is 0 Å². The summed E-state index contributed by atoms with van der Waals surface area (Å²) in [5.41, 5.74) is 2.52. The van der Waals surface area contributed by atoms with Crippen LogP contribution >= 0.6 is 11.8 Å². The molecule has 1 heterocycles. The summed E-state index contributed by atoms with van der Waals surface area (Å²) in [4.78, 5) is 0. The molecule has 0 saturated carbocycles. The fourth-order valence-electron chi connectivity index (χ4n) is 1.80. The number of nitrogens with zero attached hydrogens (tertiary/aromatic N) is 2. The van der Waals surface area contributed by atoms with Crippen molar-refractivity contribution in [2.45, 2.75) is 46.2 Å². The van der Waals surface area contributed by atoms with Crippen molar-refractivity contribution in [3.05, 3.63) is 11.3 Å². The highest BCUT2D eigenvalue weighted by Crippen LogP contribution is 2.26. The minimum absolute atomic E-state index is 0.689. The second kappa shape index (κ2) is 7.19. The zero-order chi connectivity index (χ0) is 13.7. The number of hydrogen-bond donors (Lipinski definition) is 1. The van der Waals surface area contributed by atoms with Crippen LogP contribution in [-0.4, -0.2) is 22.1 Å². The molecule has 0 amide bonds. The quantitative estimate of drug-likeness (QED) is 0.771. The second-order valence-electron chi connectivity index (χ2n) is 5.72. The molecule has 18 heavy (non-hydrogen) atoms. The van der Waals surface area contributed by atoms with Crippen molar-refractivity contribution in [2.75, 3.05) is 12.3 Å². The first kappa shape index (κ1) is 15.6. The zero-order valence-corrected chi connectivity index (χ0v) is 13.4. The molecule has 0 radical (unpaired) electrons. The van der Waals surface area contributed by atoms with Crippen LogP contribution in [0.1, 0.15) is 39.0 Å². The summed E-state index contributed by atoms with van der Waals surface area (Å²) < 4.78 is 2.02. The fraction of sp³-hybridized carbons (Fsp3) is 0.786. The summed E-state index contributed by atoms with van der Waals surface area (Å²) in [6.07, 6.45) is 0. The van der Waals surface area contributed by atoms with Crippen LogP contribution in [0, 0.1) is 18.8 Å². The van der Waals surface area contributed by atoms with Crippen LogP contribution in [0.4, 0.5) is 0 Å². The SMILES string of the molecule is Cc1nn(C)c(SCC(C)C)c1CNCC(C)C. The maximum absolute atomic E-state index is 4.54. The molecule has 0 aliphatic heterocycles. The van der Waals surface area contributed by atoms with E-state index in [1.54, 1.807) is 0 Å². The van der Waals surface area contributed by atoms with Gasteiger partial charge in [0, 0.05) is 24.9 Å². The molecule has 3 nitrogen and oxygen atoms in total. The first-order chi connectivity index (χ1) is 8.41. The van der Waals surface area contributed by atoms with Crippen LogP contribution in [-0.2, 0) is 13.6 Å². The van der Waals surface area contributed by atoms with Gasteiger partial charge in [0.25, 0.3) is 0 Å². The predicted octanol–water partition coefficient (Wildman–Crippen LogP) is 3.22. The standard InChI is InChI=1S/C14H27N3S/c1-10(2)7-15-8-13-12(5)16-17(6)14(13)18-9-11(3)4/h10-11,15H,7-9H2,1-6H3. The van der Waals surface area contributed by atoms with Crippen LogP contribution in [0.25, 0.3) is 0 Å². The molecule has 0 spiro atoms. The van der Waals surface area contributed by atoms with Gasteiger partial charge >= 0.3 is 0 Å². The van der Waals surface area contributed by atoms with Gasteiger partial charge in [-0.05, 0) is 25.3 Å². The number of aromatic nitrogens is 2. The van der Waals surface area contributed by atoms with E-state index in [0.717, 1.165) is 24.5 Å². The second-order valence-corrected chi connectivity index (χ2v) is 6.73. The van der Waals surface area contributed by atoms with Crippen molar-refractivity contribution in [3.63, 3.8) is 0 Å². The third kappa shape index (κ3) is 4.65. The van der Waals surface area contributed by atoms with Gasteiger partial charge in [-0.15, -0.1) is 11.8 Å². The zero-order valence-electron chi connectivity index (χ0n) is 12.6. The van der Waals surface area contributed by atoms with Crippen molar-refractivity contribution in [2.24, 2.45) is 18.9 Å². The van der Waals surface area contributed by atoms with Gasteiger partial charge < -0.3 is 5.32 Å². The highest BCUT2D eigenvalue weighted by molar-refractivity contribution is 7.99. The molecule has 0 unspecified atom stereocenters. The van der Waals surface area contributed by atoms with Gasteiger partial charge in [-0.2, -0.15) is 5.10 Å². The monoisotopic (exact) mass is 269 g/mol. The first-order valence-corrected chi connectivity index (χ1v) is 7.76. The summed E-state index contributed by atoms with van der Waals surface area (Å²) in [5, 5.41) is 9.38. The molecule has 1 aromatic heterocycles. The van der Waals surface area contributed by atoms with Crippen LogP contribution in [0.5, 0.6) is 0 Å². The van der Waals surface area contributed by atoms with E-state index < -0.39 is 0 Å². The lowest BCUT2D eigenvalue weighted by molar-refractivity contribution is 0.548. The molecule has 1 N–H and O–H groups in total. The van der Waals surface area contributed by atoms with Crippen LogP contribution in [0.2, 0.25) is 0 Å². The van der Waals surface area contributed by atoms with Crippen molar-refractivity contribution in [3.8, 4) is 0 Å². The molecular weight excluding hydrogens is 242 g/mol. The van der Waals surface area contributed by atoms with E-state index in [2.05, 4.69) is 45.0 Å². The molecule has 1 rings (SSSR count). The topological polar surface area (TPSA) is 29.9 Å². The Bertz CT molecular complexity index is 369. The molecule has 0 aliphatic carbocycles. The van der Waals surface area contributed by atoms with E-state index in [9.17, 15) is 0 Å². The largest absolute Gasteiger partial charge is 0.312 e. The number of hydrogen-bond acceptors (Lipinski definition) is 3. The molecule has 0 atom stereocenters. The van der Waals surface area contributed by atoms with Crippen LogP contribution < -0.4 is 5.32 Å². The van der Waals surface area contributed by atoms with E-state index in [1.165, 1.54) is 10.6 Å². The lowest BCUT2D eigenvalue weighted by Gasteiger charge is -2.10. The van der Waals surface area contributed by atoms with Crippen molar-refractivity contribution < 1.29 is 0 Å². The van der Waals surface area contributed by atoms with Gasteiger partial charge in [-0.3, -0.25) is 4.68 Å². The number of aryl methyl sites for hydroxylation is 2. The number of rotatable bonds is 7. The summed E-state index contributed by atoms with van der Waals surface area (Å²) >= 11 is 1.92. The summed E-state index contributed by atoms with van der Waals surface area (Å²) in [7, 11) is 2.04. The van der Waals surface area contributed by atoms with Crippen LogP contribution in [0.15, 0.2) is 5.03 Å². The van der Waals surface area contributed by atoms with Crippen LogP contribution in [0.3, 0.4) is 0 Å². The van der Waals surface area contributed by atoms with E-state index in [4.69, 9.17) is 0 Å². The fourth-order valence-corrected chi connectivity index (χ4v) is 2.91. The molecule has 0 fully saturated rings. The Morgan fingerprint density at radius 1 is 1.22 bits per heavy atom. The number of thioether (sulfide) groups is 1. The molecule has 0 aromatic carbocycles. The summed E-state index contributed by atoms with van der Waals surface area (Å²) in [6.45, 7) is 13.1. The third-order valence-corrected chi connectivity index (χ3v) is 4.31. The maximum atomic E-state index is 4.54. The van der Waals surface area contributed by atoms with Crippen molar-refractivity contribution in [1.29, 1.82) is 0 Å². The molecule has 0 aliphatic rings. The van der Waals surface area contributed by atoms with Gasteiger partial charge in [0.15, 0.2) is 0 Å². The van der Waals surface area contributed by atoms with E-state index >= 15 is 0 Å². The van der Waals surface area contributed by atoms with Gasteiger partial charge in [0.05, 0.1) is 10.7 Å². The Morgan fingerprint density at radius 3 is 2.44 bits per heavy atom. The highest BCUT2D eigenvalue weighted by atomic mass is 32.2. The van der Waals surface area contributed by atoms with Gasteiger partial charge in [-0.25, -0.2) is 0 Å². The minimum atomic E-state index is 0.689. The molecule has 104 valence electrons. The van der Waals surface area contributed by atoms with Crippen molar-refractivity contribution in [1.82, 2.24) is 15.1 Å². The lowest BCUT2D eigenvalue weighted by atomic mass is 10.2. The molecule has 4 heteroatoms. The lowest BCUT2D eigenvalue weighted by Crippen LogP contribution is -2.19. The Morgan fingerprint density at radius 2 is 1.89 bits per heavy atom. The third-order valence-electron chi connectivity index (χ3n) is 2.70. The van der Waals surface area contributed by atoms with E-state index in [1.807, 2.05) is 23.5 Å². The highest BCUT2D eigenvalue weighted by Gasteiger charge is 2.13. The van der Waals surface area contributed by atoms with Gasteiger partial charge in [0.2, 0.25) is 0 Å². The Labute approximate surface area is 116 Å².